The molecule has 0 aliphatic rings. The first-order valence-corrected chi connectivity index (χ1v) is 2.44. The van der Waals surface area contributed by atoms with E-state index in [0.717, 1.165) is 4.48 Å². The van der Waals surface area contributed by atoms with Crippen LogP contribution >= 0.6 is 0 Å². The van der Waals surface area contributed by atoms with Crippen molar-refractivity contribution in [2.75, 3.05) is 28.2 Å². The molecule has 0 unspecified atom stereocenters. The number of carboxylic acid groups (broad SMARTS) is 2. The third-order valence-corrected chi connectivity index (χ3v) is 0. The van der Waals surface area contributed by atoms with Crippen molar-refractivity contribution in [3.8, 4) is 0 Å². The molecule has 0 radical (unpaired) electrons. The van der Waals surface area contributed by atoms with E-state index in [-0.39, 0.29) is 41.2 Å². The molecule has 0 rings (SSSR count). The molecule has 7 N–H and O–H groups in total. The number of hydrogen-bond donors (Lipinski definition) is 3. The van der Waals surface area contributed by atoms with Gasteiger partial charge in [-0.15, -0.1) is 0 Å². The molecule has 0 aromatic carbocycles. The molecule has 0 atom stereocenters. The fraction of sp³-hybridized carbons (Fsp3) is 0.800. The van der Waals surface area contributed by atoms with E-state index >= 15 is 0 Å². The molecule has 6 nitrogen and oxygen atoms in total. The maximum atomic E-state index is 8.56. The summed E-state index contributed by atoms with van der Waals surface area (Å²) in [5, 5.41) is 13.9. The summed E-state index contributed by atoms with van der Waals surface area (Å²) in [5.74, 6) is 0. The minimum absolute atomic E-state index is 0. The van der Waals surface area contributed by atoms with Crippen molar-refractivity contribution in [1.82, 2.24) is 6.15 Å². The van der Waals surface area contributed by atoms with Gasteiger partial charge in [-0.1, -0.05) is 0 Å². The van der Waals surface area contributed by atoms with Crippen molar-refractivity contribution in [2.24, 2.45) is 0 Å². The zero-order valence-corrected chi connectivity index (χ0v) is 7.46. The zero-order valence-electron chi connectivity index (χ0n) is 7.46. The summed E-state index contributed by atoms with van der Waals surface area (Å²) in [6.07, 6.45) is -1.83. The number of carbonyl (C=O) groups is 1. The van der Waals surface area contributed by atoms with Crippen molar-refractivity contribution in [3.05, 3.63) is 0 Å². The standard InChI is InChI=1S/C4H12N.CH2O3.H3N.Na.H2O.H/c1-5(2,3)4;2-1(3)4;;;;/h1-4H3;(H2,2,3,4);1H3;;1H2;/q+1;;;;;. The second-order valence-corrected chi connectivity index (χ2v) is 2.97. The van der Waals surface area contributed by atoms with Gasteiger partial charge in [-0.25, -0.2) is 4.79 Å². The molecule has 0 aliphatic heterocycles. The third-order valence-electron chi connectivity index (χ3n) is 0. The Labute approximate surface area is 95.0 Å². The van der Waals surface area contributed by atoms with Gasteiger partial charge in [-0.3, -0.25) is 0 Å². The summed E-state index contributed by atoms with van der Waals surface area (Å²) in [6.45, 7) is 0. The molecule has 12 heavy (non-hydrogen) atoms. The maximum absolute atomic E-state index is 8.56. The first-order valence-electron chi connectivity index (χ1n) is 2.44. The quantitative estimate of drug-likeness (QED) is 0.347. The van der Waals surface area contributed by atoms with E-state index in [1.54, 1.807) is 0 Å². The van der Waals surface area contributed by atoms with Gasteiger partial charge in [0.1, 0.15) is 0 Å². The van der Waals surface area contributed by atoms with Gasteiger partial charge in [0.05, 0.1) is 28.2 Å². The van der Waals surface area contributed by atoms with Gasteiger partial charge in [0, 0.05) is 0 Å². The second-order valence-electron chi connectivity index (χ2n) is 2.97. The normalized spacial score (nSPS) is 7.00. The summed E-state index contributed by atoms with van der Waals surface area (Å²) in [5.41, 5.74) is 0. The molecule has 74 valence electrons. The third kappa shape index (κ3) is 37800. The first kappa shape index (κ1) is 29.5. The second kappa shape index (κ2) is 13.7. The van der Waals surface area contributed by atoms with Crippen LogP contribution in [0.1, 0.15) is 0 Å². The molecule has 0 aliphatic carbocycles. The van der Waals surface area contributed by atoms with Crippen LogP contribution in [0.3, 0.4) is 0 Å². The van der Waals surface area contributed by atoms with Gasteiger partial charge in [-0.2, -0.15) is 0 Å². The molecule has 7 heteroatoms. The Hall–Kier alpha value is 0.150. The van der Waals surface area contributed by atoms with E-state index in [2.05, 4.69) is 28.2 Å². The Balaban J connectivity index is -0.0000000221. The van der Waals surface area contributed by atoms with Crippen LogP contribution in [0.2, 0.25) is 0 Å². The van der Waals surface area contributed by atoms with Gasteiger partial charge >= 0.3 is 35.7 Å². The van der Waals surface area contributed by atoms with Gasteiger partial charge < -0.3 is 26.3 Å². The van der Waals surface area contributed by atoms with Crippen LogP contribution in [0.25, 0.3) is 0 Å². The van der Waals surface area contributed by atoms with Gasteiger partial charge in [0.15, 0.2) is 0 Å². The van der Waals surface area contributed by atoms with Crippen molar-refractivity contribution in [2.45, 2.75) is 0 Å². The van der Waals surface area contributed by atoms with Crippen LogP contribution in [-0.2, 0) is 0 Å². The van der Waals surface area contributed by atoms with Crippen molar-refractivity contribution >= 4 is 35.7 Å². The fourth-order valence-electron chi connectivity index (χ4n) is 0. The fourth-order valence-corrected chi connectivity index (χ4v) is 0. The number of rotatable bonds is 0. The van der Waals surface area contributed by atoms with Crippen molar-refractivity contribution in [1.29, 1.82) is 0 Å². The molecule has 0 aromatic rings. The van der Waals surface area contributed by atoms with Crippen LogP contribution in [0.15, 0.2) is 0 Å². The SMILES string of the molecule is C[N+](C)(C)C.N.O.O=C(O)O.[NaH]. The number of hydrogen-bond acceptors (Lipinski definition) is 2. The van der Waals surface area contributed by atoms with E-state index in [0.29, 0.717) is 0 Å². The van der Waals surface area contributed by atoms with E-state index in [9.17, 15) is 0 Å². The molecular weight excluding hydrogens is 175 g/mol. The summed E-state index contributed by atoms with van der Waals surface area (Å²) in [7, 11) is 8.50. The topological polar surface area (TPSA) is 124 Å². The molecule has 0 fully saturated rings. The summed E-state index contributed by atoms with van der Waals surface area (Å²) >= 11 is 0. The van der Waals surface area contributed by atoms with E-state index in [1.165, 1.54) is 0 Å². The summed E-state index contributed by atoms with van der Waals surface area (Å²) in [6, 6.07) is 0. The van der Waals surface area contributed by atoms with Crippen LogP contribution in [0.5, 0.6) is 0 Å². The predicted octanol–water partition coefficient (Wildman–Crippen LogP) is -0.766. The van der Waals surface area contributed by atoms with Crippen LogP contribution < -0.4 is 6.15 Å². The summed E-state index contributed by atoms with van der Waals surface area (Å²) in [4.78, 5) is 8.56. The first-order chi connectivity index (χ1) is 3.73. The van der Waals surface area contributed by atoms with Crippen LogP contribution in [-0.4, -0.2) is 84.1 Å². The van der Waals surface area contributed by atoms with Gasteiger partial charge in [-0.05, 0) is 0 Å². The molecule has 0 spiro atoms. The van der Waals surface area contributed by atoms with Crippen molar-refractivity contribution < 1.29 is 25.0 Å². The molecule has 0 bridgehead atoms. The average molecular weight is 195 g/mol. The van der Waals surface area contributed by atoms with Gasteiger partial charge in [0.2, 0.25) is 0 Å². The van der Waals surface area contributed by atoms with E-state index in [1.807, 2.05) is 0 Å². The Bertz CT molecular complexity index is 83.9. The minimum atomic E-state index is -1.83. The average Bonchev–Trinajstić information content (AvgIpc) is 1.19. The molecule has 0 heterocycles. The van der Waals surface area contributed by atoms with E-state index < -0.39 is 6.16 Å². The Kier molecular flexibility index (Phi) is 33.8. The van der Waals surface area contributed by atoms with Crippen LogP contribution in [0.4, 0.5) is 4.79 Å². The predicted molar refractivity (Wildman–Crippen MR) is 50.4 cm³/mol. The molecule has 0 saturated carbocycles. The van der Waals surface area contributed by atoms with Gasteiger partial charge in [0.25, 0.3) is 0 Å². The Morgan fingerprint density at radius 3 is 1.08 bits per heavy atom. The van der Waals surface area contributed by atoms with E-state index in [4.69, 9.17) is 15.0 Å². The summed E-state index contributed by atoms with van der Waals surface area (Å²) < 4.78 is 1.00. The van der Waals surface area contributed by atoms with Crippen molar-refractivity contribution in [3.63, 3.8) is 0 Å². The molecular formula is C5H20N2NaO4+. The number of nitrogens with zero attached hydrogens (tertiary/aromatic N) is 1. The molecule has 0 amide bonds. The number of quaternary nitrogens is 1. The molecule has 0 aromatic heterocycles. The van der Waals surface area contributed by atoms with Crippen LogP contribution in [0, 0.1) is 0 Å². The Morgan fingerprint density at radius 2 is 1.08 bits per heavy atom. The molecule has 0 saturated heterocycles. The monoisotopic (exact) mass is 195 g/mol. The Morgan fingerprint density at radius 1 is 1.08 bits per heavy atom. The zero-order chi connectivity index (χ0) is 8.08.